The molecule has 3 aromatic rings. The number of aromatic nitrogens is 4. The fourth-order valence-corrected chi connectivity index (χ4v) is 2.48. The van der Waals surface area contributed by atoms with E-state index in [4.69, 9.17) is 10.5 Å². The van der Waals surface area contributed by atoms with Crippen LogP contribution < -0.4 is 15.8 Å². The summed E-state index contributed by atoms with van der Waals surface area (Å²) in [7, 11) is 1.66. The molecule has 0 aliphatic heterocycles. The Labute approximate surface area is 140 Å². The predicted octanol–water partition coefficient (Wildman–Crippen LogP) is 2.68. The van der Waals surface area contributed by atoms with Crippen molar-refractivity contribution in [2.24, 2.45) is 0 Å². The molecule has 0 saturated carbocycles. The second-order valence-electron chi connectivity index (χ2n) is 5.62. The Kier molecular flexibility index (Phi) is 4.79. The van der Waals surface area contributed by atoms with Crippen LogP contribution in [0.3, 0.4) is 0 Å². The van der Waals surface area contributed by atoms with Crippen molar-refractivity contribution in [3.63, 3.8) is 0 Å². The molecule has 126 valence electrons. The first-order chi connectivity index (χ1) is 11.7. The van der Waals surface area contributed by atoms with Gasteiger partial charge in [-0.2, -0.15) is 10.1 Å². The van der Waals surface area contributed by atoms with E-state index in [1.54, 1.807) is 7.11 Å². The van der Waals surface area contributed by atoms with Gasteiger partial charge < -0.3 is 15.8 Å². The summed E-state index contributed by atoms with van der Waals surface area (Å²) in [6.45, 7) is 3.64. The quantitative estimate of drug-likeness (QED) is 0.649. The van der Waals surface area contributed by atoms with E-state index in [-0.39, 0.29) is 5.95 Å². The smallest absolute Gasteiger partial charge is 0.222 e. The van der Waals surface area contributed by atoms with Crippen LogP contribution in [0.2, 0.25) is 0 Å². The Bertz CT molecular complexity index is 812. The van der Waals surface area contributed by atoms with Crippen LogP contribution in [0.25, 0.3) is 11.0 Å². The fraction of sp³-hybridized carbons (Fsp3) is 0.353. The summed E-state index contributed by atoms with van der Waals surface area (Å²) in [4.78, 5) is 8.56. The van der Waals surface area contributed by atoms with Crippen molar-refractivity contribution in [3.05, 3.63) is 36.0 Å². The molecule has 1 aromatic carbocycles. The predicted molar refractivity (Wildman–Crippen MR) is 95.2 cm³/mol. The van der Waals surface area contributed by atoms with Gasteiger partial charge in [-0.3, -0.25) is 4.68 Å². The first kappa shape index (κ1) is 16.0. The van der Waals surface area contributed by atoms with Crippen LogP contribution in [-0.2, 0) is 6.54 Å². The zero-order valence-corrected chi connectivity index (χ0v) is 14.0. The van der Waals surface area contributed by atoms with Gasteiger partial charge in [0.25, 0.3) is 0 Å². The van der Waals surface area contributed by atoms with Crippen molar-refractivity contribution in [3.8, 4) is 5.75 Å². The third-order valence-corrected chi connectivity index (χ3v) is 3.75. The lowest BCUT2D eigenvalue weighted by Gasteiger charge is -2.05. The SMILES string of the molecule is CCCCNc1nc(N)nc2cn(Cc3ccc(OC)cc3)nc12. The Morgan fingerprint density at radius 3 is 2.71 bits per heavy atom. The molecule has 0 unspecified atom stereocenters. The highest BCUT2D eigenvalue weighted by molar-refractivity contribution is 5.85. The lowest BCUT2D eigenvalue weighted by molar-refractivity contribution is 0.414. The molecular formula is C17H22N6O. The van der Waals surface area contributed by atoms with Crippen molar-refractivity contribution in [1.29, 1.82) is 0 Å². The van der Waals surface area contributed by atoms with Gasteiger partial charge in [0.2, 0.25) is 5.95 Å². The van der Waals surface area contributed by atoms with E-state index in [0.29, 0.717) is 12.4 Å². The van der Waals surface area contributed by atoms with Crippen LogP contribution in [0.5, 0.6) is 5.75 Å². The number of hydrogen-bond acceptors (Lipinski definition) is 6. The number of nitrogens with two attached hydrogens (primary N) is 1. The monoisotopic (exact) mass is 326 g/mol. The summed E-state index contributed by atoms with van der Waals surface area (Å²) in [5.74, 6) is 1.79. The van der Waals surface area contributed by atoms with E-state index < -0.39 is 0 Å². The highest BCUT2D eigenvalue weighted by Crippen LogP contribution is 2.20. The van der Waals surface area contributed by atoms with E-state index in [1.165, 1.54) is 0 Å². The molecule has 0 bridgehead atoms. The van der Waals surface area contributed by atoms with Gasteiger partial charge >= 0.3 is 0 Å². The number of ether oxygens (including phenoxy) is 1. The molecule has 7 nitrogen and oxygen atoms in total. The molecule has 3 rings (SSSR count). The van der Waals surface area contributed by atoms with Gasteiger partial charge in [-0.25, -0.2) is 4.98 Å². The number of fused-ring (bicyclic) bond motifs is 1. The maximum atomic E-state index is 5.81. The fourth-order valence-electron chi connectivity index (χ4n) is 2.48. The zero-order chi connectivity index (χ0) is 16.9. The van der Waals surface area contributed by atoms with Gasteiger partial charge in [-0.05, 0) is 24.1 Å². The standard InChI is InChI=1S/C17H22N6O/c1-3-4-9-19-16-15-14(20-17(18)21-16)11-23(22-15)10-12-5-7-13(24-2)8-6-12/h5-8,11H,3-4,9-10H2,1-2H3,(H3,18,19,20,21). The first-order valence-electron chi connectivity index (χ1n) is 8.07. The third-order valence-electron chi connectivity index (χ3n) is 3.75. The highest BCUT2D eigenvalue weighted by atomic mass is 16.5. The second kappa shape index (κ2) is 7.16. The number of nitrogen functional groups attached to an aromatic ring is 1. The Morgan fingerprint density at radius 2 is 2.00 bits per heavy atom. The Hall–Kier alpha value is -2.83. The number of benzene rings is 1. The van der Waals surface area contributed by atoms with Gasteiger partial charge in [0.15, 0.2) is 11.3 Å². The van der Waals surface area contributed by atoms with E-state index in [1.807, 2.05) is 35.1 Å². The number of hydrogen-bond donors (Lipinski definition) is 2. The summed E-state index contributed by atoms with van der Waals surface area (Å²) < 4.78 is 7.03. The van der Waals surface area contributed by atoms with Crippen molar-refractivity contribution < 1.29 is 4.74 Å². The number of nitrogens with one attached hydrogen (secondary N) is 1. The van der Waals surface area contributed by atoms with Crippen LogP contribution in [0.4, 0.5) is 11.8 Å². The minimum absolute atomic E-state index is 0.255. The number of anilines is 2. The maximum absolute atomic E-state index is 5.81. The van der Waals surface area contributed by atoms with Gasteiger partial charge in [0.05, 0.1) is 19.9 Å². The molecule has 2 heterocycles. The van der Waals surface area contributed by atoms with E-state index in [2.05, 4.69) is 27.3 Å². The molecule has 3 N–H and O–H groups in total. The summed E-state index contributed by atoms with van der Waals surface area (Å²) in [6.07, 6.45) is 4.07. The molecule has 0 spiro atoms. The van der Waals surface area contributed by atoms with Crippen LogP contribution in [0.1, 0.15) is 25.3 Å². The van der Waals surface area contributed by atoms with Gasteiger partial charge in [-0.1, -0.05) is 25.5 Å². The lowest BCUT2D eigenvalue weighted by atomic mass is 10.2. The van der Waals surface area contributed by atoms with Crippen LogP contribution >= 0.6 is 0 Å². The third kappa shape index (κ3) is 3.56. The largest absolute Gasteiger partial charge is 0.497 e. The Morgan fingerprint density at radius 1 is 1.21 bits per heavy atom. The molecule has 0 radical (unpaired) electrons. The molecule has 0 aliphatic carbocycles. The van der Waals surface area contributed by atoms with Crippen LogP contribution in [-0.4, -0.2) is 33.4 Å². The minimum Gasteiger partial charge on any atom is -0.497 e. The number of unbranched alkanes of at least 4 members (excludes halogenated alkanes) is 1. The molecular weight excluding hydrogens is 304 g/mol. The second-order valence-corrected chi connectivity index (χ2v) is 5.62. The maximum Gasteiger partial charge on any atom is 0.222 e. The van der Waals surface area contributed by atoms with Crippen molar-refractivity contribution in [2.75, 3.05) is 24.7 Å². The van der Waals surface area contributed by atoms with Crippen molar-refractivity contribution in [2.45, 2.75) is 26.3 Å². The zero-order valence-electron chi connectivity index (χ0n) is 14.0. The lowest BCUT2D eigenvalue weighted by Crippen LogP contribution is -2.06. The molecule has 0 saturated heterocycles. The van der Waals surface area contributed by atoms with Crippen LogP contribution in [0.15, 0.2) is 30.5 Å². The summed E-state index contributed by atoms with van der Waals surface area (Å²) in [5.41, 5.74) is 8.43. The molecule has 2 aromatic heterocycles. The van der Waals surface area contributed by atoms with Gasteiger partial charge in [-0.15, -0.1) is 0 Å². The average molecular weight is 326 g/mol. The summed E-state index contributed by atoms with van der Waals surface area (Å²) in [6, 6.07) is 7.92. The van der Waals surface area contributed by atoms with Crippen molar-refractivity contribution in [1.82, 2.24) is 19.7 Å². The van der Waals surface area contributed by atoms with Crippen molar-refractivity contribution >= 4 is 22.8 Å². The summed E-state index contributed by atoms with van der Waals surface area (Å²) in [5, 5.41) is 7.91. The highest BCUT2D eigenvalue weighted by Gasteiger charge is 2.11. The molecule has 0 fully saturated rings. The average Bonchev–Trinajstić information content (AvgIpc) is 2.98. The topological polar surface area (TPSA) is 90.9 Å². The molecule has 7 heteroatoms. The number of nitrogens with zero attached hydrogens (tertiary/aromatic N) is 4. The van der Waals surface area contributed by atoms with E-state index in [9.17, 15) is 0 Å². The molecule has 0 amide bonds. The molecule has 24 heavy (non-hydrogen) atoms. The van der Waals surface area contributed by atoms with Gasteiger partial charge in [0.1, 0.15) is 11.3 Å². The normalized spacial score (nSPS) is 10.9. The molecule has 0 aliphatic rings. The van der Waals surface area contributed by atoms with E-state index >= 15 is 0 Å². The number of rotatable bonds is 7. The van der Waals surface area contributed by atoms with Gasteiger partial charge in [0, 0.05) is 6.54 Å². The van der Waals surface area contributed by atoms with Crippen LogP contribution in [0, 0.1) is 0 Å². The molecule has 0 atom stereocenters. The minimum atomic E-state index is 0.255. The first-order valence-corrected chi connectivity index (χ1v) is 8.07. The van der Waals surface area contributed by atoms with E-state index in [0.717, 1.165) is 41.7 Å². The summed E-state index contributed by atoms with van der Waals surface area (Å²) >= 11 is 0. The number of methoxy groups -OCH3 is 1. The Balaban J connectivity index is 1.85.